The van der Waals surface area contributed by atoms with E-state index in [2.05, 4.69) is 75.5 Å². The number of fused-ring (bicyclic) bond motifs is 1. The lowest BCUT2D eigenvalue weighted by Crippen LogP contribution is -2.14. The summed E-state index contributed by atoms with van der Waals surface area (Å²) in [6, 6.07) is 16.4. The van der Waals surface area contributed by atoms with Crippen LogP contribution in [0.5, 0.6) is 0 Å². The number of nitrogens with one attached hydrogen (secondary N) is 1. The highest BCUT2D eigenvalue weighted by atomic mass is 32.2. The van der Waals surface area contributed by atoms with Crippen LogP contribution in [0.1, 0.15) is 17.4 Å². The minimum absolute atomic E-state index is 0.108. The number of hydrogen-bond acceptors (Lipinski definition) is 7. The zero-order chi connectivity index (χ0) is 23.7. The number of nitrogens with zero attached hydrogens (tertiary/aromatic N) is 4. The first-order chi connectivity index (χ1) is 16.5. The Morgan fingerprint density at radius 2 is 1.88 bits per heavy atom. The highest BCUT2D eigenvalue weighted by molar-refractivity contribution is 7.99. The van der Waals surface area contributed by atoms with Crippen LogP contribution >= 0.6 is 34.4 Å². The molecule has 0 aliphatic heterocycles. The van der Waals surface area contributed by atoms with Gasteiger partial charge in [-0.1, -0.05) is 65.1 Å². The van der Waals surface area contributed by atoms with Gasteiger partial charge in [0.25, 0.3) is 0 Å². The summed E-state index contributed by atoms with van der Waals surface area (Å²) in [4.78, 5) is 18.3. The molecule has 0 bridgehead atoms. The van der Waals surface area contributed by atoms with Gasteiger partial charge in [0.2, 0.25) is 5.91 Å². The first-order valence-electron chi connectivity index (χ1n) is 10.9. The number of anilines is 1. The Kier molecular flexibility index (Phi) is 6.49. The topological polar surface area (TPSA) is 72.7 Å². The van der Waals surface area contributed by atoms with E-state index in [4.69, 9.17) is 0 Å². The van der Waals surface area contributed by atoms with Crippen molar-refractivity contribution < 1.29 is 4.79 Å². The van der Waals surface area contributed by atoms with Crippen molar-refractivity contribution in [2.24, 2.45) is 0 Å². The van der Waals surface area contributed by atoms with Crippen LogP contribution in [0.15, 0.2) is 59.1 Å². The van der Waals surface area contributed by atoms with Gasteiger partial charge in [0, 0.05) is 27.9 Å². The van der Waals surface area contributed by atoms with E-state index in [9.17, 15) is 4.79 Å². The van der Waals surface area contributed by atoms with Gasteiger partial charge in [-0.2, -0.15) is 0 Å². The number of thiazole rings is 1. The molecule has 0 aliphatic rings. The summed E-state index contributed by atoms with van der Waals surface area (Å²) in [5, 5.41) is 15.3. The fourth-order valence-electron chi connectivity index (χ4n) is 3.79. The molecule has 5 rings (SSSR count). The molecule has 0 saturated carbocycles. The average molecular weight is 506 g/mol. The number of thiophene rings is 1. The minimum atomic E-state index is -0.108. The second-order valence-corrected chi connectivity index (χ2v) is 10.9. The molecule has 0 unspecified atom stereocenters. The molecule has 172 valence electrons. The van der Waals surface area contributed by atoms with E-state index < -0.39 is 0 Å². The Morgan fingerprint density at radius 3 is 2.65 bits per heavy atom. The molecule has 6 nitrogen and oxygen atoms in total. The van der Waals surface area contributed by atoms with Gasteiger partial charge in [-0.15, -0.1) is 21.5 Å². The number of benzene rings is 2. The fourth-order valence-corrected chi connectivity index (χ4v) is 6.34. The monoisotopic (exact) mass is 505 g/mol. The Balaban J connectivity index is 1.35. The minimum Gasteiger partial charge on any atom is -0.302 e. The third-order valence-electron chi connectivity index (χ3n) is 5.46. The molecule has 0 radical (unpaired) electrons. The standard InChI is InChI=1S/C25H23N5OS3/c1-4-30-23(18-13-32-16(3)22(18)17-11-9-15(2)10-12-17)28-29-25(30)33-14-21(31)27-24-26-19-7-5-6-8-20(19)34-24/h5-13H,4,14H2,1-3H3,(H,26,27,31). The maximum atomic E-state index is 12.6. The van der Waals surface area contributed by atoms with Crippen LogP contribution in [-0.2, 0) is 11.3 Å². The largest absolute Gasteiger partial charge is 0.302 e. The fraction of sp³-hybridized carbons (Fsp3) is 0.200. The number of carbonyl (C=O) groups excluding carboxylic acids is 1. The highest BCUT2D eigenvalue weighted by Gasteiger charge is 2.20. The van der Waals surface area contributed by atoms with Gasteiger partial charge in [0.15, 0.2) is 16.1 Å². The Bertz CT molecular complexity index is 1430. The van der Waals surface area contributed by atoms with Gasteiger partial charge in [-0.3, -0.25) is 4.79 Å². The number of aromatic nitrogens is 4. The van der Waals surface area contributed by atoms with E-state index in [1.807, 2.05) is 24.3 Å². The first kappa shape index (κ1) is 22.8. The summed E-state index contributed by atoms with van der Waals surface area (Å²) < 4.78 is 3.13. The molecule has 1 N–H and O–H groups in total. The summed E-state index contributed by atoms with van der Waals surface area (Å²) in [5.74, 6) is 0.959. The van der Waals surface area contributed by atoms with Crippen molar-refractivity contribution >= 4 is 55.7 Å². The van der Waals surface area contributed by atoms with Gasteiger partial charge >= 0.3 is 0 Å². The Hall–Kier alpha value is -3.01. The smallest absolute Gasteiger partial charge is 0.236 e. The van der Waals surface area contributed by atoms with E-state index in [-0.39, 0.29) is 11.7 Å². The van der Waals surface area contributed by atoms with E-state index in [1.54, 1.807) is 11.3 Å². The number of aryl methyl sites for hydroxylation is 2. The van der Waals surface area contributed by atoms with Gasteiger partial charge in [0.05, 0.1) is 16.0 Å². The molecule has 34 heavy (non-hydrogen) atoms. The van der Waals surface area contributed by atoms with Crippen LogP contribution in [0.25, 0.3) is 32.7 Å². The van der Waals surface area contributed by atoms with Crippen LogP contribution in [0.3, 0.4) is 0 Å². The highest BCUT2D eigenvalue weighted by Crippen LogP contribution is 2.39. The average Bonchev–Trinajstić information content (AvgIpc) is 3.53. The van der Waals surface area contributed by atoms with Gasteiger partial charge in [-0.05, 0) is 38.5 Å². The van der Waals surface area contributed by atoms with Crippen LogP contribution in [0.2, 0.25) is 0 Å². The number of para-hydroxylation sites is 1. The van der Waals surface area contributed by atoms with Crippen molar-refractivity contribution in [2.45, 2.75) is 32.5 Å². The van der Waals surface area contributed by atoms with Crippen molar-refractivity contribution in [1.29, 1.82) is 0 Å². The lowest BCUT2D eigenvalue weighted by molar-refractivity contribution is -0.113. The third-order valence-corrected chi connectivity index (χ3v) is 8.29. The molecule has 0 saturated heterocycles. The molecule has 0 spiro atoms. The van der Waals surface area contributed by atoms with Crippen molar-refractivity contribution in [1.82, 2.24) is 19.7 Å². The molecule has 0 atom stereocenters. The number of rotatable bonds is 7. The summed E-state index contributed by atoms with van der Waals surface area (Å²) >= 11 is 4.58. The van der Waals surface area contributed by atoms with Crippen molar-refractivity contribution in [3.05, 3.63) is 64.4 Å². The quantitative estimate of drug-likeness (QED) is 0.251. The van der Waals surface area contributed by atoms with Crippen molar-refractivity contribution in [3.63, 3.8) is 0 Å². The number of amides is 1. The van der Waals surface area contributed by atoms with Gasteiger partial charge in [-0.25, -0.2) is 4.98 Å². The van der Waals surface area contributed by atoms with E-state index in [0.29, 0.717) is 11.7 Å². The molecule has 0 aliphatic carbocycles. The molecule has 1 amide bonds. The second-order valence-electron chi connectivity index (χ2n) is 7.82. The van der Waals surface area contributed by atoms with Crippen LogP contribution < -0.4 is 5.32 Å². The summed E-state index contributed by atoms with van der Waals surface area (Å²) in [6.45, 7) is 7.02. The SMILES string of the molecule is CCn1c(SCC(=O)Nc2nc3ccccc3s2)nnc1-c1csc(C)c1-c1ccc(C)cc1. The maximum absolute atomic E-state index is 12.6. The predicted octanol–water partition coefficient (Wildman–Crippen LogP) is 6.65. The zero-order valence-corrected chi connectivity index (χ0v) is 21.5. The molecule has 2 aromatic carbocycles. The lowest BCUT2D eigenvalue weighted by atomic mass is 10.0. The number of thioether (sulfide) groups is 1. The van der Waals surface area contributed by atoms with E-state index >= 15 is 0 Å². The Morgan fingerprint density at radius 1 is 1.09 bits per heavy atom. The second kappa shape index (κ2) is 9.69. The molecule has 9 heteroatoms. The molecule has 0 fully saturated rings. The van der Waals surface area contributed by atoms with Crippen LogP contribution in [-0.4, -0.2) is 31.4 Å². The first-order valence-corrected chi connectivity index (χ1v) is 13.6. The number of hydrogen-bond donors (Lipinski definition) is 1. The molecule has 3 heterocycles. The van der Waals surface area contributed by atoms with Crippen LogP contribution in [0, 0.1) is 13.8 Å². The molecule has 3 aromatic heterocycles. The zero-order valence-electron chi connectivity index (χ0n) is 19.0. The summed E-state index contributed by atoms with van der Waals surface area (Å²) in [5.41, 5.74) is 5.57. The lowest BCUT2D eigenvalue weighted by Gasteiger charge is -2.09. The van der Waals surface area contributed by atoms with E-state index in [1.165, 1.54) is 44.7 Å². The van der Waals surface area contributed by atoms with Crippen molar-refractivity contribution in [3.8, 4) is 22.5 Å². The number of carbonyl (C=O) groups is 1. The van der Waals surface area contributed by atoms with E-state index in [0.717, 1.165) is 26.8 Å². The Labute approximate surface area is 210 Å². The molecular weight excluding hydrogens is 483 g/mol. The predicted molar refractivity (Wildman–Crippen MR) is 143 cm³/mol. The molecule has 5 aromatic rings. The van der Waals surface area contributed by atoms with Gasteiger partial charge < -0.3 is 9.88 Å². The summed E-state index contributed by atoms with van der Waals surface area (Å²) in [7, 11) is 0. The summed E-state index contributed by atoms with van der Waals surface area (Å²) in [6.07, 6.45) is 0. The van der Waals surface area contributed by atoms with Crippen LogP contribution in [0.4, 0.5) is 5.13 Å². The van der Waals surface area contributed by atoms with Gasteiger partial charge in [0.1, 0.15) is 0 Å². The van der Waals surface area contributed by atoms with Crippen molar-refractivity contribution in [2.75, 3.05) is 11.1 Å². The third kappa shape index (κ3) is 4.51. The normalized spacial score (nSPS) is 11.3. The molecular formula is C25H23N5OS3. The maximum Gasteiger partial charge on any atom is 0.236 e.